The molecule has 3 rings (SSSR count). The number of aryl methyl sites for hydroxylation is 2. The van der Waals surface area contributed by atoms with Crippen molar-refractivity contribution in [3.8, 4) is 11.4 Å². The number of hydrogen-bond acceptors (Lipinski definition) is 6. The van der Waals surface area contributed by atoms with Gasteiger partial charge in [0.15, 0.2) is 0 Å². The Morgan fingerprint density at radius 3 is 2.55 bits per heavy atom. The van der Waals surface area contributed by atoms with Gasteiger partial charge in [-0.25, -0.2) is 8.42 Å². The zero-order chi connectivity index (χ0) is 21.0. The second-order valence-corrected chi connectivity index (χ2v) is 8.62. The van der Waals surface area contributed by atoms with Crippen molar-refractivity contribution in [2.24, 2.45) is 0 Å². The van der Waals surface area contributed by atoms with Crippen molar-refractivity contribution in [1.82, 2.24) is 15.5 Å². The summed E-state index contributed by atoms with van der Waals surface area (Å²) in [6.45, 7) is 3.32. The third-order valence-electron chi connectivity index (χ3n) is 4.26. The fraction of sp³-hybridized carbons (Fsp3) is 0.250. The fourth-order valence-corrected chi connectivity index (χ4v) is 3.67. The number of benzene rings is 2. The maximum Gasteiger partial charge on any atom is 0.246 e. The van der Waals surface area contributed by atoms with Crippen molar-refractivity contribution < 1.29 is 17.7 Å². The third kappa shape index (κ3) is 5.20. The molecule has 0 aliphatic rings. The summed E-state index contributed by atoms with van der Waals surface area (Å²) in [5.74, 6) is 0.175. The number of nitrogens with zero attached hydrogens (tertiary/aromatic N) is 3. The van der Waals surface area contributed by atoms with E-state index in [0.717, 1.165) is 27.3 Å². The lowest BCUT2D eigenvalue weighted by Gasteiger charge is -2.24. The van der Waals surface area contributed by atoms with Crippen LogP contribution in [0.25, 0.3) is 11.4 Å². The Hall–Kier alpha value is -3.20. The van der Waals surface area contributed by atoms with Crippen LogP contribution in [-0.4, -0.2) is 37.3 Å². The van der Waals surface area contributed by atoms with Crippen LogP contribution in [0.1, 0.15) is 17.0 Å². The highest BCUT2D eigenvalue weighted by Crippen LogP contribution is 2.23. The number of amides is 1. The van der Waals surface area contributed by atoms with E-state index in [4.69, 9.17) is 4.52 Å². The van der Waals surface area contributed by atoms with E-state index in [1.165, 1.54) is 0 Å². The largest absolute Gasteiger partial charge is 0.345 e. The minimum absolute atomic E-state index is 0.00304. The van der Waals surface area contributed by atoms with Crippen molar-refractivity contribution in [2.75, 3.05) is 17.1 Å². The van der Waals surface area contributed by atoms with Crippen LogP contribution in [0.2, 0.25) is 0 Å². The highest BCUT2D eigenvalue weighted by Gasteiger charge is 2.22. The van der Waals surface area contributed by atoms with Crippen molar-refractivity contribution in [3.05, 3.63) is 65.5 Å². The number of carbonyl (C=O) groups excluding carboxylic acids is 1. The van der Waals surface area contributed by atoms with Gasteiger partial charge in [0.25, 0.3) is 0 Å². The summed E-state index contributed by atoms with van der Waals surface area (Å²) in [5.41, 5.74) is 2.94. The van der Waals surface area contributed by atoms with Gasteiger partial charge < -0.3 is 9.84 Å². The molecule has 1 aromatic heterocycles. The number of rotatable bonds is 7. The van der Waals surface area contributed by atoms with Crippen LogP contribution in [0.15, 0.2) is 53.1 Å². The molecule has 152 valence electrons. The SMILES string of the molecule is Cc1ccc(C)c(N(CC(=O)NCc2nc(-c3ccccc3)no2)S(C)(=O)=O)c1. The molecule has 1 amide bonds. The predicted molar refractivity (Wildman–Crippen MR) is 110 cm³/mol. The van der Waals surface area contributed by atoms with Gasteiger partial charge >= 0.3 is 0 Å². The Morgan fingerprint density at radius 1 is 1.14 bits per heavy atom. The van der Waals surface area contributed by atoms with Gasteiger partial charge in [-0.2, -0.15) is 4.98 Å². The van der Waals surface area contributed by atoms with Crippen LogP contribution in [0.5, 0.6) is 0 Å². The van der Waals surface area contributed by atoms with E-state index in [1.807, 2.05) is 49.4 Å². The molecule has 0 saturated heterocycles. The first-order chi connectivity index (χ1) is 13.7. The molecule has 0 spiro atoms. The summed E-state index contributed by atoms with van der Waals surface area (Å²) in [4.78, 5) is 16.7. The van der Waals surface area contributed by atoms with Gasteiger partial charge in [0, 0.05) is 5.56 Å². The van der Waals surface area contributed by atoms with E-state index < -0.39 is 15.9 Å². The molecule has 0 unspecified atom stereocenters. The summed E-state index contributed by atoms with van der Waals surface area (Å²) in [6, 6.07) is 14.8. The van der Waals surface area contributed by atoms with Crippen molar-refractivity contribution in [1.29, 1.82) is 0 Å². The monoisotopic (exact) mass is 414 g/mol. The van der Waals surface area contributed by atoms with E-state index in [1.54, 1.807) is 13.0 Å². The number of carbonyl (C=O) groups is 1. The summed E-state index contributed by atoms with van der Waals surface area (Å²) in [5, 5.41) is 6.52. The zero-order valence-electron chi connectivity index (χ0n) is 16.4. The van der Waals surface area contributed by atoms with Gasteiger partial charge in [0.1, 0.15) is 6.54 Å². The molecule has 2 aromatic carbocycles. The van der Waals surface area contributed by atoms with Crippen LogP contribution in [0.3, 0.4) is 0 Å². The number of hydrogen-bond donors (Lipinski definition) is 1. The van der Waals surface area contributed by atoms with Crippen molar-refractivity contribution in [2.45, 2.75) is 20.4 Å². The van der Waals surface area contributed by atoms with E-state index in [9.17, 15) is 13.2 Å². The maximum absolute atomic E-state index is 12.4. The molecule has 29 heavy (non-hydrogen) atoms. The first-order valence-corrected chi connectivity index (χ1v) is 10.8. The molecule has 9 heteroatoms. The lowest BCUT2D eigenvalue weighted by Crippen LogP contribution is -2.40. The number of aromatic nitrogens is 2. The molecule has 0 fully saturated rings. The predicted octanol–water partition coefficient (Wildman–Crippen LogP) is 2.44. The molecule has 0 radical (unpaired) electrons. The highest BCUT2D eigenvalue weighted by atomic mass is 32.2. The lowest BCUT2D eigenvalue weighted by molar-refractivity contribution is -0.119. The summed E-state index contributed by atoms with van der Waals surface area (Å²) < 4.78 is 30.8. The summed E-state index contributed by atoms with van der Waals surface area (Å²) in [6.07, 6.45) is 1.08. The van der Waals surface area contributed by atoms with Crippen LogP contribution in [0, 0.1) is 13.8 Å². The molecule has 0 saturated carbocycles. The standard InChI is InChI=1S/C20H22N4O4S/c1-14-9-10-15(2)17(11-14)24(29(3,26)27)13-18(25)21-12-19-22-20(23-28-19)16-7-5-4-6-8-16/h4-11H,12-13H2,1-3H3,(H,21,25). The summed E-state index contributed by atoms with van der Waals surface area (Å²) >= 11 is 0. The topological polar surface area (TPSA) is 105 Å². The molecule has 0 bridgehead atoms. The molecule has 1 heterocycles. The third-order valence-corrected chi connectivity index (χ3v) is 5.38. The molecule has 0 atom stereocenters. The van der Waals surface area contributed by atoms with Crippen molar-refractivity contribution >= 4 is 21.6 Å². The second-order valence-electron chi connectivity index (χ2n) is 6.71. The van der Waals surface area contributed by atoms with Crippen LogP contribution in [-0.2, 0) is 21.4 Å². The van der Waals surface area contributed by atoms with E-state index in [0.29, 0.717) is 11.5 Å². The number of nitrogens with one attached hydrogen (secondary N) is 1. The van der Waals surface area contributed by atoms with Gasteiger partial charge in [-0.3, -0.25) is 9.10 Å². The maximum atomic E-state index is 12.4. The Bertz CT molecular complexity index is 1110. The second kappa shape index (κ2) is 8.44. The zero-order valence-corrected chi connectivity index (χ0v) is 17.2. The Morgan fingerprint density at radius 2 is 1.86 bits per heavy atom. The summed E-state index contributed by atoms with van der Waals surface area (Å²) in [7, 11) is -3.65. The lowest BCUT2D eigenvalue weighted by atomic mass is 10.1. The average Bonchev–Trinajstić information content (AvgIpc) is 3.15. The first kappa shape index (κ1) is 20.5. The quantitative estimate of drug-likeness (QED) is 0.637. The Labute approximate surface area is 169 Å². The first-order valence-electron chi connectivity index (χ1n) is 8.94. The van der Waals surface area contributed by atoms with E-state index in [-0.39, 0.29) is 19.0 Å². The van der Waals surface area contributed by atoms with Crippen LogP contribution >= 0.6 is 0 Å². The van der Waals surface area contributed by atoms with Gasteiger partial charge in [-0.15, -0.1) is 0 Å². The molecule has 1 N–H and O–H groups in total. The molecular weight excluding hydrogens is 392 g/mol. The number of anilines is 1. The highest BCUT2D eigenvalue weighted by molar-refractivity contribution is 7.92. The normalized spacial score (nSPS) is 11.3. The van der Waals surface area contributed by atoms with E-state index >= 15 is 0 Å². The Balaban J connectivity index is 1.68. The molecular formula is C20H22N4O4S. The van der Waals surface area contributed by atoms with E-state index in [2.05, 4.69) is 15.5 Å². The van der Waals surface area contributed by atoms with Crippen molar-refractivity contribution in [3.63, 3.8) is 0 Å². The minimum atomic E-state index is -3.65. The smallest absolute Gasteiger partial charge is 0.246 e. The van der Waals surface area contributed by atoms with Gasteiger partial charge in [0.05, 0.1) is 18.5 Å². The molecule has 0 aliphatic heterocycles. The van der Waals surface area contributed by atoms with Gasteiger partial charge in [-0.05, 0) is 31.0 Å². The Kier molecular flexibility index (Phi) is 5.97. The molecule has 8 nitrogen and oxygen atoms in total. The molecule has 3 aromatic rings. The average molecular weight is 414 g/mol. The van der Waals surface area contributed by atoms with Crippen LogP contribution < -0.4 is 9.62 Å². The van der Waals surface area contributed by atoms with Gasteiger partial charge in [-0.1, -0.05) is 47.6 Å². The minimum Gasteiger partial charge on any atom is -0.345 e. The van der Waals surface area contributed by atoms with Gasteiger partial charge in [0.2, 0.25) is 27.6 Å². The molecule has 0 aliphatic carbocycles. The fourth-order valence-electron chi connectivity index (χ4n) is 2.76. The van der Waals surface area contributed by atoms with Crippen LogP contribution in [0.4, 0.5) is 5.69 Å². The number of sulfonamides is 1.